The first kappa shape index (κ1) is 16.6. The Morgan fingerprint density at radius 2 is 1.68 bits per heavy atom. The van der Waals surface area contributed by atoms with Crippen molar-refractivity contribution >= 4 is 22.7 Å². The normalized spacial score (nSPS) is 10.4. The maximum atomic E-state index is 12.6. The van der Waals surface area contributed by atoms with Crippen LogP contribution in [0.2, 0.25) is 0 Å². The monoisotopic (exact) mass is 333 g/mol. The second-order valence-electron chi connectivity index (χ2n) is 5.57. The highest BCUT2D eigenvalue weighted by Crippen LogP contribution is 2.24. The van der Waals surface area contributed by atoms with Crippen LogP contribution in [0, 0.1) is 0 Å². The van der Waals surface area contributed by atoms with Crippen LogP contribution in [-0.4, -0.2) is 29.9 Å². The predicted molar refractivity (Wildman–Crippen MR) is 98.2 cm³/mol. The molecule has 0 atom stereocenters. The third-order valence-electron chi connectivity index (χ3n) is 3.81. The number of fused-ring (bicyclic) bond motifs is 1. The van der Waals surface area contributed by atoms with Crippen LogP contribution >= 0.6 is 0 Å². The first-order valence-corrected chi connectivity index (χ1v) is 8.19. The van der Waals surface area contributed by atoms with Crippen LogP contribution in [0.1, 0.15) is 17.3 Å². The van der Waals surface area contributed by atoms with Gasteiger partial charge in [-0.1, -0.05) is 48.5 Å². The molecule has 25 heavy (non-hydrogen) atoms. The van der Waals surface area contributed by atoms with Gasteiger partial charge in [-0.05, 0) is 19.1 Å². The molecule has 126 valence electrons. The molecule has 0 aliphatic heterocycles. The lowest BCUT2D eigenvalue weighted by atomic mass is 10.0. The number of rotatable bonds is 5. The van der Waals surface area contributed by atoms with Gasteiger partial charge in [0, 0.05) is 17.5 Å². The van der Waals surface area contributed by atoms with Gasteiger partial charge in [-0.25, -0.2) is 4.98 Å². The second-order valence-corrected chi connectivity index (χ2v) is 5.57. The van der Waals surface area contributed by atoms with Gasteiger partial charge in [-0.2, -0.15) is 0 Å². The zero-order valence-electron chi connectivity index (χ0n) is 14.0. The largest absolute Gasteiger partial charge is 0.355 e. The molecule has 2 N–H and O–H groups in total. The Morgan fingerprint density at radius 1 is 0.960 bits per heavy atom. The third kappa shape index (κ3) is 3.83. The van der Waals surface area contributed by atoms with Gasteiger partial charge < -0.3 is 10.6 Å². The van der Waals surface area contributed by atoms with Crippen molar-refractivity contribution in [3.63, 3.8) is 0 Å². The summed E-state index contributed by atoms with van der Waals surface area (Å²) in [6, 6.07) is 19.0. The van der Waals surface area contributed by atoms with E-state index in [1.54, 1.807) is 6.07 Å². The number of carbonyl (C=O) groups excluding carboxylic acids is 2. The molecule has 1 aromatic heterocycles. The quantitative estimate of drug-likeness (QED) is 0.754. The first-order chi connectivity index (χ1) is 12.2. The first-order valence-electron chi connectivity index (χ1n) is 8.19. The van der Waals surface area contributed by atoms with Crippen molar-refractivity contribution in [2.75, 3.05) is 13.1 Å². The lowest BCUT2D eigenvalue weighted by molar-refractivity contribution is -0.120. The van der Waals surface area contributed by atoms with E-state index in [2.05, 4.69) is 15.6 Å². The second kappa shape index (κ2) is 7.57. The average molecular weight is 333 g/mol. The van der Waals surface area contributed by atoms with Gasteiger partial charge in [0.05, 0.1) is 23.3 Å². The van der Waals surface area contributed by atoms with Crippen LogP contribution in [0.15, 0.2) is 60.7 Å². The molecule has 5 heteroatoms. The summed E-state index contributed by atoms with van der Waals surface area (Å²) in [5, 5.41) is 6.10. The molecule has 0 aliphatic carbocycles. The number of amides is 2. The Hall–Kier alpha value is -3.21. The molecule has 0 radical (unpaired) electrons. The highest BCUT2D eigenvalue weighted by molar-refractivity contribution is 6.08. The third-order valence-corrected chi connectivity index (χ3v) is 3.81. The van der Waals surface area contributed by atoms with Crippen molar-refractivity contribution in [2.24, 2.45) is 0 Å². The van der Waals surface area contributed by atoms with E-state index >= 15 is 0 Å². The number of hydrogen-bond acceptors (Lipinski definition) is 3. The van der Waals surface area contributed by atoms with Crippen LogP contribution < -0.4 is 10.6 Å². The molecule has 2 aromatic carbocycles. The molecule has 0 bridgehead atoms. The minimum atomic E-state index is -0.290. The molecule has 0 saturated heterocycles. The fraction of sp³-hybridized carbons (Fsp3) is 0.150. The zero-order chi connectivity index (χ0) is 17.6. The number of benzene rings is 2. The predicted octanol–water partition coefficient (Wildman–Crippen LogP) is 2.77. The highest BCUT2D eigenvalue weighted by atomic mass is 16.2. The molecule has 0 unspecified atom stereocenters. The number of nitrogens with zero attached hydrogens (tertiary/aromatic N) is 1. The molecule has 3 rings (SSSR count). The zero-order valence-corrected chi connectivity index (χ0v) is 14.0. The number of aromatic nitrogens is 1. The summed E-state index contributed by atoms with van der Waals surface area (Å²) in [5.41, 5.74) is 2.91. The Labute approximate surface area is 146 Å². The maximum Gasteiger partial charge on any atom is 0.252 e. The molecular formula is C20H19N3O2. The van der Waals surface area contributed by atoms with Gasteiger partial charge in [0.2, 0.25) is 5.91 Å². The van der Waals surface area contributed by atoms with Crippen LogP contribution in [0.5, 0.6) is 0 Å². The number of carbonyl (C=O) groups is 2. The smallest absolute Gasteiger partial charge is 0.252 e. The lowest BCUT2D eigenvalue weighted by Gasteiger charge is -2.10. The molecule has 2 amide bonds. The minimum absolute atomic E-state index is 0.0516. The van der Waals surface area contributed by atoms with Crippen molar-refractivity contribution in [1.82, 2.24) is 15.6 Å². The van der Waals surface area contributed by atoms with Crippen LogP contribution in [0.25, 0.3) is 22.2 Å². The lowest BCUT2D eigenvalue weighted by Crippen LogP contribution is -2.36. The van der Waals surface area contributed by atoms with E-state index in [-0.39, 0.29) is 18.4 Å². The fourth-order valence-corrected chi connectivity index (χ4v) is 2.64. The fourth-order valence-electron chi connectivity index (χ4n) is 2.64. The van der Waals surface area contributed by atoms with Gasteiger partial charge in [-0.3, -0.25) is 9.59 Å². The van der Waals surface area contributed by atoms with Gasteiger partial charge in [0.25, 0.3) is 5.91 Å². The minimum Gasteiger partial charge on any atom is -0.355 e. The Bertz CT molecular complexity index is 907. The Morgan fingerprint density at radius 3 is 2.44 bits per heavy atom. The van der Waals surface area contributed by atoms with E-state index in [1.807, 2.05) is 61.5 Å². The summed E-state index contributed by atoms with van der Waals surface area (Å²) in [6.45, 7) is 2.32. The van der Waals surface area contributed by atoms with Crippen molar-refractivity contribution in [2.45, 2.75) is 6.92 Å². The standard InChI is InChI=1S/C20H19N3O2/c1-2-21-19(24)13-22-20(25)16-12-18(14-8-4-3-5-9-14)23-17-11-7-6-10-15(16)17/h3-12H,2,13H2,1H3,(H,21,24)(H,22,25). The summed E-state index contributed by atoms with van der Waals surface area (Å²) in [4.78, 5) is 28.9. The Kier molecular flexibility index (Phi) is 5.04. The molecule has 3 aromatic rings. The van der Waals surface area contributed by atoms with Crippen molar-refractivity contribution in [3.8, 4) is 11.3 Å². The van der Waals surface area contributed by atoms with Crippen LogP contribution in [-0.2, 0) is 4.79 Å². The van der Waals surface area contributed by atoms with Gasteiger partial charge in [-0.15, -0.1) is 0 Å². The summed E-state index contributed by atoms with van der Waals surface area (Å²) < 4.78 is 0. The summed E-state index contributed by atoms with van der Waals surface area (Å²) >= 11 is 0. The summed E-state index contributed by atoms with van der Waals surface area (Å²) in [6.07, 6.45) is 0. The van der Waals surface area contributed by atoms with Gasteiger partial charge in [0.15, 0.2) is 0 Å². The molecule has 0 saturated carbocycles. The molecule has 5 nitrogen and oxygen atoms in total. The SMILES string of the molecule is CCNC(=O)CNC(=O)c1cc(-c2ccccc2)nc2ccccc12. The van der Waals surface area contributed by atoms with Crippen molar-refractivity contribution < 1.29 is 9.59 Å². The average Bonchev–Trinajstić information content (AvgIpc) is 2.66. The van der Waals surface area contributed by atoms with Crippen LogP contribution in [0.3, 0.4) is 0 Å². The molecule has 0 fully saturated rings. The van der Waals surface area contributed by atoms with Crippen LogP contribution in [0.4, 0.5) is 0 Å². The van der Waals surface area contributed by atoms with E-state index in [0.29, 0.717) is 12.1 Å². The summed E-state index contributed by atoms with van der Waals surface area (Å²) in [5.74, 6) is -0.500. The van der Waals surface area contributed by atoms with E-state index in [0.717, 1.165) is 22.2 Å². The number of nitrogens with one attached hydrogen (secondary N) is 2. The topological polar surface area (TPSA) is 71.1 Å². The number of para-hydroxylation sites is 1. The number of likely N-dealkylation sites (N-methyl/N-ethyl adjacent to an activating group) is 1. The molecular weight excluding hydrogens is 314 g/mol. The van der Waals surface area contributed by atoms with E-state index < -0.39 is 0 Å². The molecule has 0 spiro atoms. The molecule has 1 heterocycles. The number of pyridine rings is 1. The van der Waals surface area contributed by atoms with Gasteiger partial charge >= 0.3 is 0 Å². The summed E-state index contributed by atoms with van der Waals surface area (Å²) in [7, 11) is 0. The van der Waals surface area contributed by atoms with E-state index in [1.165, 1.54) is 0 Å². The van der Waals surface area contributed by atoms with Crippen molar-refractivity contribution in [3.05, 3.63) is 66.2 Å². The number of hydrogen-bond donors (Lipinski definition) is 2. The molecule has 0 aliphatic rings. The van der Waals surface area contributed by atoms with Gasteiger partial charge in [0.1, 0.15) is 0 Å². The maximum absolute atomic E-state index is 12.6. The highest BCUT2D eigenvalue weighted by Gasteiger charge is 2.14. The van der Waals surface area contributed by atoms with Crippen molar-refractivity contribution in [1.29, 1.82) is 0 Å². The Balaban J connectivity index is 1.98. The van der Waals surface area contributed by atoms with E-state index in [9.17, 15) is 9.59 Å². The van der Waals surface area contributed by atoms with E-state index in [4.69, 9.17) is 0 Å².